The average molecular weight is 140 g/mol. The highest BCUT2D eigenvalue weighted by Crippen LogP contribution is 2.21. The summed E-state index contributed by atoms with van der Waals surface area (Å²) in [6, 6.07) is 0.537. The number of nitrogens with one attached hydrogen (secondary N) is 1. The lowest BCUT2D eigenvalue weighted by molar-refractivity contribution is 0.351. The third-order valence-corrected chi connectivity index (χ3v) is 2.20. The van der Waals surface area contributed by atoms with Gasteiger partial charge in [0.05, 0.1) is 6.17 Å². The first kappa shape index (κ1) is 7.76. The average Bonchev–Trinajstić information content (AvgIpc) is 1.82. The van der Waals surface area contributed by atoms with E-state index in [4.69, 9.17) is 5.73 Å². The van der Waals surface area contributed by atoms with Crippen molar-refractivity contribution >= 4 is 0 Å². The van der Waals surface area contributed by atoms with Crippen molar-refractivity contribution in [2.24, 2.45) is 11.7 Å². The van der Waals surface area contributed by atoms with Gasteiger partial charge in [0.1, 0.15) is 0 Å². The van der Waals surface area contributed by atoms with E-state index in [0.29, 0.717) is 12.0 Å². The van der Waals surface area contributed by atoms with Crippen molar-refractivity contribution < 1.29 is 0 Å². The zero-order valence-corrected chi connectivity index (χ0v) is 6.72. The largest absolute Gasteiger partial charge is 0.312 e. The summed E-state index contributed by atoms with van der Waals surface area (Å²) in [5.74, 6) is 0.575. The van der Waals surface area contributed by atoms with Gasteiger partial charge in [-0.3, -0.25) is 5.32 Å². The van der Waals surface area contributed by atoms with Crippen LogP contribution in [0.1, 0.15) is 20.3 Å². The van der Waals surface area contributed by atoms with Crippen LogP contribution in [0, 0.1) is 5.92 Å². The first-order valence-electron chi connectivity index (χ1n) is 3.81. The fourth-order valence-electron chi connectivity index (χ4n) is 1.47. The van der Waals surface area contributed by atoms with Crippen LogP contribution in [0.2, 0.25) is 0 Å². The molecular formula is C8H16N2. The lowest BCUT2D eigenvalue weighted by atomic mass is 9.89. The van der Waals surface area contributed by atoms with Crippen LogP contribution in [-0.4, -0.2) is 12.2 Å². The molecule has 0 amide bonds. The summed E-state index contributed by atoms with van der Waals surface area (Å²) in [7, 11) is 0. The Morgan fingerprint density at radius 1 is 1.60 bits per heavy atom. The van der Waals surface area contributed by atoms with Crippen molar-refractivity contribution in [2.45, 2.75) is 32.5 Å². The van der Waals surface area contributed by atoms with Crippen molar-refractivity contribution in [2.75, 3.05) is 0 Å². The van der Waals surface area contributed by atoms with Gasteiger partial charge in [0.25, 0.3) is 0 Å². The lowest BCUT2D eigenvalue weighted by Crippen LogP contribution is -2.50. The molecule has 0 bridgehead atoms. The van der Waals surface area contributed by atoms with E-state index in [1.54, 1.807) is 0 Å². The molecule has 0 spiro atoms. The van der Waals surface area contributed by atoms with Gasteiger partial charge in [-0.15, -0.1) is 0 Å². The molecule has 1 rings (SSSR count). The van der Waals surface area contributed by atoms with Gasteiger partial charge in [-0.25, -0.2) is 0 Å². The minimum Gasteiger partial charge on any atom is -0.312 e. The van der Waals surface area contributed by atoms with E-state index in [-0.39, 0.29) is 6.17 Å². The molecule has 1 aliphatic rings. The maximum atomic E-state index is 5.75. The lowest BCUT2D eigenvalue weighted by Gasteiger charge is -2.32. The summed E-state index contributed by atoms with van der Waals surface area (Å²) in [4.78, 5) is 0. The highest BCUT2D eigenvalue weighted by molar-refractivity contribution is 5.11. The van der Waals surface area contributed by atoms with Gasteiger partial charge in [-0.1, -0.05) is 13.5 Å². The predicted molar refractivity (Wildman–Crippen MR) is 43.5 cm³/mol. The quantitative estimate of drug-likeness (QED) is 0.489. The second-order valence-corrected chi connectivity index (χ2v) is 3.26. The fraction of sp³-hybridized carbons (Fsp3) is 0.750. The Bertz CT molecular complexity index is 128. The van der Waals surface area contributed by atoms with E-state index < -0.39 is 0 Å². The van der Waals surface area contributed by atoms with Gasteiger partial charge in [0.15, 0.2) is 0 Å². The van der Waals surface area contributed by atoms with Gasteiger partial charge in [-0.2, -0.15) is 0 Å². The molecule has 3 unspecified atom stereocenters. The van der Waals surface area contributed by atoms with Crippen LogP contribution >= 0.6 is 0 Å². The van der Waals surface area contributed by atoms with E-state index in [9.17, 15) is 0 Å². The van der Waals surface area contributed by atoms with Gasteiger partial charge in [0, 0.05) is 6.04 Å². The van der Waals surface area contributed by atoms with Gasteiger partial charge >= 0.3 is 0 Å². The number of piperidine rings is 1. The van der Waals surface area contributed by atoms with Crippen molar-refractivity contribution in [1.29, 1.82) is 0 Å². The first-order chi connectivity index (χ1) is 4.61. The molecule has 3 atom stereocenters. The second kappa shape index (κ2) is 2.72. The van der Waals surface area contributed by atoms with E-state index in [1.165, 1.54) is 0 Å². The summed E-state index contributed by atoms with van der Waals surface area (Å²) in [5, 5.41) is 3.24. The first-order valence-corrected chi connectivity index (χ1v) is 3.81. The van der Waals surface area contributed by atoms with Crippen LogP contribution in [0.25, 0.3) is 0 Å². The van der Waals surface area contributed by atoms with Crippen LogP contribution in [0.3, 0.4) is 0 Å². The van der Waals surface area contributed by atoms with E-state index in [0.717, 1.165) is 12.0 Å². The number of hydrogen-bond donors (Lipinski definition) is 2. The molecule has 3 N–H and O–H groups in total. The SMILES string of the molecule is C=C1C(C)CC(C)NC1N. The Morgan fingerprint density at radius 3 is 2.70 bits per heavy atom. The molecule has 0 saturated carbocycles. The highest BCUT2D eigenvalue weighted by Gasteiger charge is 2.23. The third-order valence-electron chi connectivity index (χ3n) is 2.20. The number of nitrogens with two attached hydrogens (primary N) is 1. The summed E-state index contributed by atoms with van der Waals surface area (Å²) in [6.07, 6.45) is 1.17. The van der Waals surface area contributed by atoms with Crippen LogP contribution in [0.5, 0.6) is 0 Å². The molecule has 2 heteroatoms. The van der Waals surface area contributed by atoms with Crippen molar-refractivity contribution in [1.82, 2.24) is 5.32 Å². The van der Waals surface area contributed by atoms with Crippen molar-refractivity contribution in [3.8, 4) is 0 Å². The molecule has 10 heavy (non-hydrogen) atoms. The molecule has 2 nitrogen and oxygen atoms in total. The Hall–Kier alpha value is -0.340. The van der Waals surface area contributed by atoms with Crippen LogP contribution < -0.4 is 11.1 Å². The van der Waals surface area contributed by atoms with Crippen LogP contribution in [0.15, 0.2) is 12.2 Å². The molecule has 1 saturated heterocycles. The van der Waals surface area contributed by atoms with Crippen molar-refractivity contribution in [3.63, 3.8) is 0 Å². The molecule has 0 aliphatic carbocycles. The molecule has 58 valence electrons. The van der Waals surface area contributed by atoms with E-state index >= 15 is 0 Å². The molecule has 1 aliphatic heterocycles. The van der Waals surface area contributed by atoms with E-state index in [1.807, 2.05) is 0 Å². The molecule has 1 fully saturated rings. The maximum absolute atomic E-state index is 5.75. The Labute approximate surface area is 62.5 Å². The summed E-state index contributed by atoms with van der Waals surface area (Å²) in [6.45, 7) is 8.26. The summed E-state index contributed by atoms with van der Waals surface area (Å²) < 4.78 is 0. The van der Waals surface area contributed by atoms with E-state index in [2.05, 4.69) is 25.7 Å². The van der Waals surface area contributed by atoms with Gasteiger partial charge in [-0.05, 0) is 24.8 Å². The zero-order chi connectivity index (χ0) is 7.72. The fourth-order valence-corrected chi connectivity index (χ4v) is 1.47. The minimum absolute atomic E-state index is 0.0127. The second-order valence-electron chi connectivity index (χ2n) is 3.26. The Balaban J connectivity index is 2.57. The molecule has 0 aromatic carbocycles. The smallest absolute Gasteiger partial charge is 0.0770 e. The Kier molecular flexibility index (Phi) is 2.11. The van der Waals surface area contributed by atoms with Crippen molar-refractivity contribution in [3.05, 3.63) is 12.2 Å². The minimum atomic E-state index is 0.0127. The molecule has 0 radical (unpaired) electrons. The Morgan fingerprint density at radius 2 is 2.20 bits per heavy atom. The maximum Gasteiger partial charge on any atom is 0.0770 e. The van der Waals surface area contributed by atoms with Crippen LogP contribution in [0.4, 0.5) is 0 Å². The van der Waals surface area contributed by atoms with Crippen LogP contribution in [-0.2, 0) is 0 Å². The van der Waals surface area contributed by atoms with Gasteiger partial charge in [0.2, 0.25) is 0 Å². The normalized spacial score (nSPS) is 41.9. The summed E-state index contributed by atoms with van der Waals surface area (Å²) in [5.41, 5.74) is 6.89. The van der Waals surface area contributed by atoms with Gasteiger partial charge < -0.3 is 5.73 Å². The molecule has 0 aromatic rings. The highest BCUT2D eigenvalue weighted by atomic mass is 15.1. The molecule has 1 heterocycles. The molecular weight excluding hydrogens is 124 g/mol. The zero-order valence-electron chi connectivity index (χ0n) is 6.72. The monoisotopic (exact) mass is 140 g/mol. The summed E-state index contributed by atoms with van der Waals surface area (Å²) >= 11 is 0. The standard InChI is InChI=1S/C8H16N2/c1-5-4-6(2)10-8(9)7(5)3/h5-6,8,10H,3-4,9H2,1-2H3. The third kappa shape index (κ3) is 1.39. The molecule has 0 aromatic heterocycles. The number of hydrogen-bond acceptors (Lipinski definition) is 2. The number of rotatable bonds is 0. The predicted octanol–water partition coefficient (Wildman–Crippen LogP) is 0.845. The topological polar surface area (TPSA) is 38.0 Å².